The van der Waals surface area contributed by atoms with Gasteiger partial charge < -0.3 is 30.8 Å². The molecule has 1 heterocycles. The molecule has 0 saturated carbocycles. The molecule has 0 radical (unpaired) electrons. The van der Waals surface area contributed by atoms with Crippen LogP contribution in [0.4, 0.5) is 0 Å². The molecular weight excluding hydrogens is 202 g/mol. The predicted molar refractivity (Wildman–Crippen MR) is 52.0 cm³/mol. The molecule has 6 heteroatoms. The van der Waals surface area contributed by atoms with Crippen LogP contribution in [0.25, 0.3) is 0 Å². The number of piperidine rings is 1. The monoisotopic (exact) mass is 221 g/mol. The maximum atomic E-state index is 9.77. The number of aliphatic hydroxyl groups is 5. The summed E-state index contributed by atoms with van der Waals surface area (Å²) in [7, 11) is 0. The molecule has 0 aliphatic carbocycles. The second kappa shape index (κ2) is 5.74. The van der Waals surface area contributed by atoms with Crippen LogP contribution in [0.1, 0.15) is 0 Å². The first-order valence-electron chi connectivity index (χ1n) is 5.07. The van der Waals surface area contributed by atoms with Gasteiger partial charge in [-0.05, 0) is 0 Å². The molecule has 6 nitrogen and oxygen atoms in total. The lowest BCUT2D eigenvalue weighted by Crippen LogP contribution is -2.63. The zero-order valence-corrected chi connectivity index (χ0v) is 8.45. The normalized spacial score (nSPS) is 41.8. The minimum absolute atomic E-state index is 0.203. The second-order valence-electron chi connectivity index (χ2n) is 3.93. The van der Waals surface area contributed by atoms with Crippen LogP contribution in [0, 0.1) is 11.8 Å². The van der Waals surface area contributed by atoms with Gasteiger partial charge in [0.1, 0.15) is 0 Å². The highest BCUT2D eigenvalue weighted by Crippen LogP contribution is 2.26. The highest BCUT2D eigenvalue weighted by Gasteiger charge is 2.42. The van der Waals surface area contributed by atoms with E-state index < -0.39 is 30.0 Å². The zero-order chi connectivity index (χ0) is 11.4. The molecule has 0 aromatic rings. The van der Waals surface area contributed by atoms with E-state index in [1.807, 2.05) is 0 Å². The summed E-state index contributed by atoms with van der Waals surface area (Å²) < 4.78 is 0. The van der Waals surface area contributed by atoms with Crippen molar-refractivity contribution in [1.82, 2.24) is 5.32 Å². The Kier molecular flexibility index (Phi) is 4.91. The highest BCUT2D eigenvalue weighted by atomic mass is 16.3. The Hall–Kier alpha value is -0.240. The Morgan fingerprint density at radius 2 is 1.27 bits per heavy atom. The van der Waals surface area contributed by atoms with Gasteiger partial charge in [-0.25, -0.2) is 0 Å². The molecule has 1 aliphatic heterocycles. The van der Waals surface area contributed by atoms with Gasteiger partial charge in [-0.3, -0.25) is 0 Å². The van der Waals surface area contributed by atoms with E-state index in [4.69, 9.17) is 20.4 Å². The second-order valence-corrected chi connectivity index (χ2v) is 3.93. The fourth-order valence-electron chi connectivity index (χ4n) is 2.20. The summed E-state index contributed by atoms with van der Waals surface area (Å²) in [5.74, 6) is -0.927. The average molecular weight is 221 g/mol. The van der Waals surface area contributed by atoms with Gasteiger partial charge in [-0.2, -0.15) is 0 Å². The predicted octanol–water partition coefficient (Wildman–Crippen LogP) is -3.11. The van der Waals surface area contributed by atoms with Crippen LogP contribution in [-0.2, 0) is 0 Å². The van der Waals surface area contributed by atoms with E-state index in [9.17, 15) is 5.11 Å². The van der Waals surface area contributed by atoms with Gasteiger partial charge in [0.05, 0.1) is 25.4 Å². The first kappa shape index (κ1) is 12.8. The molecule has 0 unspecified atom stereocenters. The molecular formula is C9H19NO5. The molecule has 1 rings (SSSR count). The van der Waals surface area contributed by atoms with Crippen molar-refractivity contribution in [3.8, 4) is 0 Å². The van der Waals surface area contributed by atoms with Gasteiger partial charge >= 0.3 is 0 Å². The number of aliphatic hydroxyl groups excluding tert-OH is 5. The number of hydrogen-bond donors (Lipinski definition) is 6. The largest absolute Gasteiger partial charge is 0.396 e. The first-order valence-corrected chi connectivity index (χ1v) is 5.07. The van der Waals surface area contributed by atoms with Crippen molar-refractivity contribution in [1.29, 1.82) is 0 Å². The van der Waals surface area contributed by atoms with Crippen molar-refractivity contribution >= 4 is 0 Å². The molecule has 0 amide bonds. The van der Waals surface area contributed by atoms with Crippen LogP contribution in [0.15, 0.2) is 0 Å². The SMILES string of the molecule is OC[C@H]1[C@@H](O)[C@@H](CO)N[C@@H](CO)[C@H]1CO. The molecule has 1 fully saturated rings. The smallest absolute Gasteiger partial charge is 0.0769 e. The summed E-state index contributed by atoms with van der Waals surface area (Å²) in [5, 5.41) is 49.0. The van der Waals surface area contributed by atoms with E-state index in [1.165, 1.54) is 0 Å². The summed E-state index contributed by atoms with van der Waals surface area (Å²) in [6.07, 6.45) is -0.917. The van der Waals surface area contributed by atoms with E-state index in [1.54, 1.807) is 0 Å². The number of hydrogen-bond acceptors (Lipinski definition) is 6. The molecule has 0 aromatic carbocycles. The number of nitrogens with one attached hydrogen (secondary N) is 1. The fourth-order valence-corrected chi connectivity index (χ4v) is 2.20. The molecule has 0 spiro atoms. The van der Waals surface area contributed by atoms with Crippen LogP contribution in [0.5, 0.6) is 0 Å². The van der Waals surface area contributed by atoms with Gasteiger partial charge in [-0.15, -0.1) is 0 Å². The standard InChI is InChI=1S/C9H19NO5/c11-1-5-6(2-12)9(15)8(4-14)10-7(5)3-13/h5-15H,1-4H2/t5-,6+,7-,8+,9+/m0/s1. The Labute approximate surface area is 88.2 Å². The molecule has 0 bridgehead atoms. The van der Waals surface area contributed by atoms with Crippen molar-refractivity contribution in [2.24, 2.45) is 11.8 Å². The van der Waals surface area contributed by atoms with Crippen LogP contribution >= 0.6 is 0 Å². The van der Waals surface area contributed by atoms with Crippen molar-refractivity contribution in [3.05, 3.63) is 0 Å². The Morgan fingerprint density at radius 1 is 0.733 bits per heavy atom. The van der Waals surface area contributed by atoms with Gasteiger partial charge in [0.15, 0.2) is 0 Å². The molecule has 6 N–H and O–H groups in total. The Morgan fingerprint density at radius 3 is 1.67 bits per heavy atom. The summed E-state index contributed by atoms with van der Waals surface area (Å²) in [6, 6.07) is -0.977. The summed E-state index contributed by atoms with van der Waals surface area (Å²) in [5.41, 5.74) is 0. The van der Waals surface area contributed by atoms with Crippen molar-refractivity contribution in [2.45, 2.75) is 18.2 Å². The van der Waals surface area contributed by atoms with E-state index in [0.29, 0.717) is 0 Å². The molecule has 1 aliphatic rings. The van der Waals surface area contributed by atoms with Crippen LogP contribution in [-0.4, -0.2) is 70.1 Å². The quantitative estimate of drug-likeness (QED) is 0.299. The van der Waals surface area contributed by atoms with E-state index in [0.717, 1.165) is 0 Å². The van der Waals surface area contributed by atoms with Crippen LogP contribution in [0.3, 0.4) is 0 Å². The van der Waals surface area contributed by atoms with Crippen molar-refractivity contribution in [2.75, 3.05) is 26.4 Å². The van der Waals surface area contributed by atoms with Gasteiger partial charge in [0.2, 0.25) is 0 Å². The van der Waals surface area contributed by atoms with E-state index in [2.05, 4.69) is 5.32 Å². The maximum absolute atomic E-state index is 9.77. The molecule has 90 valence electrons. The van der Waals surface area contributed by atoms with Crippen LogP contribution in [0.2, 0.25) is 0 Å². The lowest BCUT2D eigenvalue weighted by Gasteiger charge is -2.43. The van der Waals surface area contributed by atoms with Crippen molar-refractivity contribution < 1.29 is 25.5 Å². The molecule has 1 saturated heterocycles. The lowest BCUT2D eigenvalue weighted by atomic mass is 9.77. The first-order chi connectivity index (χ1) is 7.19. The highest BCUT2D eigenvalue weighted by molar-refractivity contribution is 4.96. The van der Waals surface area contributed by atoms with Crippen LogP contribution < -0.4 is 5.32 Å². The minimum atomic E-state index is -0.917. The maximum Gasteiger partial charge on any atom is 0.0769 e. The lowest BCUT2D eigenvalue weighted by molar-refractivity contribution is -0.0713. The van der Waals surface area contributed by atoms with E-state index in [-0.39, 0.29) is 26.4 Å². The third kappa shape index (κ3) is 2.47. The molecule has 0 aromatic heterocycles. The Balaban J connectivity index is 2.78. The molecule has 15 heavy (non-hydrogen) atoms. The third-order valence-corrected chi connectivity index (χ3v) is 3.16. The average Bonchev–Trinajstić information content (AvgIpc) is 2.28. The summed E-state index contributed by atoms with van der Waals surface area (Å²) in [4.78, 5) is 0. The van der Waals surface area contributed by atoms with Gasteiger partial charge in [0.25, 0.3) is 0 Å². The molecule has 5 atom stereocenters. The van der Waals surface area contributed by atoms with Crippen molar-refractivity contribution in [3.63, 3.8) is 0 Å². The topological polar surface area (TPSA) is 113 Å². The zero-order valence-electron chi connectivity index (χ0n) is 8.45. The van der Waals surface area contributed by atoms with Gasteiger partial charge in [-0.1, -0.05) is 0 Å². The minimum Gasteiger partial charge on any atom is -0.396 e. The summed E-state index contributed by atoms with van der Waals surface area (Å²) in [6.45, 7) is -0.975. The number of rotatable bonds is 4. The third-order valence-electron chi connectivity index (χ3n) is 3.16. The van der Waals surface area contributed by atoms with E-state index >= 15 is 0 Å². The summed E-state index contributed by atoms with van der Waals surface area (Å²) >= 11 is 0. The van der Waals surface area contributed by atoms with Gasteiger partial charge in [0, 0.05) is 31.1 Å². The Bertz CT molecular complexity index is 191. The fraction of sp³-hybridized carbons (Fsp3) is 1.00.